The number of halogens is 2. The summed E-state index contributed by atoms with van der Waals surface area (Å²) in [5.74, 6) is -2.79. The number of rotatable bonds is 4. The van der Waals surface area contributed by atoms with Crippen molar-refractivity contribution in [1.82, 2.24) is 24.4 Å². The van der Waals surface area contributed by atoms with Gasteiger partial charge in [-0.15, -0.1) is 5.10 Å². The lowest BCUT2D eigenvalue weighted by atomic mass is 9.92. The summed E-state index contributed by atoms with van der Waals surface area (Å²) in [4.78, 5) is 38.4. The molecule has 144 valence electrons. The molecule has 28 heavy (non-hydrogen) atoms. The zero-order chi connectivity index (χ0) is 20.1. The molecular formula is C18H15F2N5O3. The number of amides is 3. The van der Waals surface area contributed by atoms with Crippen LogP contribution in [0.15, 0.2) is 47.4 Å². The Hall–Kier alpha value is -3.56. The number of pyridine rings is 1. The van der Waals surface area contributed by atoms with Gasteiger partial charge in [-0.25, -0.2) is 23.1 Å². The van der Waals surface area contributed by atoms with E-state index >= 15 is 0 Å². The highest BCUT2D eigenvalue weighted by atomic mass is 19.2. The van der Waals surface area contributed by atoms with E-state index in [1.807, 2.05) is 0 Å². The van der Waals surface area contributed by atoms with E-state index in [4.69, 9.17) is 0 Å². The van der Waals surface area contributed by atoms with Crippen LogP contribution in [0, 0.1) is 11.6 Å². The van der Waals surface area contributed by atoms with Crippen molar-refractivity contribution in [2.75, 3.05) is 6.54 Å². The fraction of sp³-hybridized carbons (Fsp3) is 0.222. The van der Waals surface area contributed by atoms with Crippen LogP contribution in [0.3, 0.4) is 0 Å². The average molecular weight is 387 g/mol. The fourth-order valence-electron chi connectivity index (χ4n) is 3.21. The van der Waals surface area contributed by atoms with Crippen LogP contribution in [-0.2, 0) is 16.9 Å². The first kappa shape index (κ1) is 17.8. The van der Waals surface area contributed by atoms with E-state index in [9.17, 15) is 23.2 Å². The standard InChI is InChI=1S/C18H15F2N5O3/c1-18(11-5-6-12(19)13(20)10-11)15(26)24(16(27)21-18)8-9-25-17(28)23-7-3-2-4-14(23)22-25/h2-7,10H,8-9H2,1H3,(H,21,27). The van der Waals surface area contributed by atoms with Crippen molar-refractivity contribution in [3.05, 3.63) is 70.3 Å². The van der Waals surface area contributed by atoms with Gasteiger partial charge in [-0.2, -0.15) is 0 Å². The third kappa shape index (κ3) is 2.65. The number of carbonyl (C=O) groups is 2. The summed E-state index contributed by atoms with van der Waals surface area (Å²) in [6, 6.07) is 7.41. The number of hydrogen-bond donors (Lipinski definition) is 1. The molecule has 2 aromatic heterocycles. The van der Waals surface area contributed by atoms with E-state index in [0.717, 1.165) is 21.7 Å². The van der Waals surface area contributed by atoms with Gasteiger partial charge in [0.05, 0.1) is 13.1 Å². The molecule has 3 heterocycles. The zero-order valence-corrected chi connectivity index (χ0v) is 14.7. The summed E-state index contributed by atoms with van der Waals surface area (Å²) in [6.45, 7) is 1.30. The van der Waals surface area contributed by atoms with Crippen molar-refractivity contribution in [3.8, 4) is 0 Å². The quantitative estimate of drug-likeness (QED) is 0.683. The number of fused-ring (bicyclic) bond motifs is 1. The molecule has 1 fully saturated rings. The summed E-state index contributed by atoms with van der Waals surface area (Å²) >= 11 is 0. The van der Waals surface area contributed by atoms with Crippen molar-refractivity contribution in [2.45, 2.75) is 19.0 Å². The lowest BCUT2D eigenvalue weighted by Crippen LogP contribution is -2.41. The fourth-order valence-corrected chi connectivity index (χ4v) is 3.21. The van der Waals surface area contributed by atoms with Crippen LogP contribution >= 0.6 is 0 Å². The number of benzene rings is 1. The second-order valence-electron chi connectivity index (χ2n) is 6.58. The van der Waals surface area contributed by atoms with Crippen molar-refractivity contribution >= 4 is 17.6 Å². The van der Waals surface area contributed by atoms with Crippen LogP contribution in [-0.4, -0.2) is 37.6 Å². The molecule has 10 heteroatoms. The first-order valence-corrected chi connectivity index (χ1v) is 8.45. The molecule has 1 saturated heterocycles. The highest BCUT2D eigenvalue weighted by Crippen LogP contribution is 2.29. The van der Waals surface area contributed by atoms with E-state index in [1.54, 1.807) is 24.4 Å². The molecule has 3 aromatic rings. The zero-order valence-electron chi connectivity index (χ0n) is 14.7. The molecular weight excluding hydrogens is 372 g/mol. The van der Waals surface area contributed by atoms with Gasteiger partial charge in [0.25, 0.3) is 5.91 Å². The van der Waals surface area contributed by atoms with Gasteiger partial charge in [-0.3, -0.25) is 14.1 Å². The van der Waals surface area contributed by atoms with E-state index in [0.29, 0.717) is 5.65 Å². The Morgan fingerprint density at radius 1 is 1.07 bits per heavy atom. The van der Waals surface area contributed by atoms with Crippen LogP contribution in [0.2, 0.25) is 0 Å². The van der Waals surface area contributed by atoms with E-state index in [1.165, 1.54) is 17.4 Å². The number of aromatic nitrogens is 3. The molecule has 1 unspecified atom stereocenters. The maximum absolute atomic E-state index is 13.6. The summed E-state index contributed by atoms with van der Waals surface area (Å²) in [6.07, 6.45) is 1.56. The molecule has 1 aliphatic heterocycles. The van der Waals surface area contributed by atoms with Crippen molar-refractivity contribution in [1.29, 1.82) is 0 Å². The molecule has 8 nitrogen and oxygen atoms in total. The van der Waals surface area contributed by atoms with Crippen molar-refractivity contribution in [3.63, 3.8) is 0 Å². The Labute approximate surface area is 157 Å². The number of carbonyl (C=O) groups excluding carboxylic acids is 2. The third-order valence-corrected chi connectivity index (χ3v) is 4.80. The molecule has 0 saturated carbocycles. The molecule has 1 N–H and O–H groups in total. The molecule has 0 bridgehead atoms. The number of nitrogens with one attached hydrogen (secondary N) is 1. The highest BCUT2D eigenvalue weighted by molar-refractivity contribution is 6.07. The van der Waals surface area contributed by atoms with Crippen LogP contribution in [0.4, 0.5) is 13.6 Å². The van der Waals surface area contributed by atoms with Gasteiger partial charge < -0.3 is 5.32 Å². The first-order valence-electron chi connectivity index (χ1n) is 8.45. The summed E-state index contributed by atoms with van der Waals surface area (Å²) < 4.78 is 29.3. The minimum atomic E-state index is -1.53. The van der Waals surface area contributed by atoms with Gasteiger partial charge in [-0.1, -0.05) is 12.1 Å². The molecule has 0 aliphatic carbocycles. The minimum absolute atomic E-state index is 0.00642. The molecule has 0 radical (unpaired) electrons. The summed E-state index contributed by atoms with van der Waals surface area (Å²) in [5, 5.41) is 6.65. The van der Waals surface area contributed by atoms with E-state index in [2.05, 4.69) is 10.4 Å². The summed E-state index contributed by atoms with van der Waals surface area (Å²) in [5.41, 5.74) is -1.37. The van der Waals surface area contributed by atoms with E-state index in [-0.39, 0.29) is 18.7 Å². The minimum Gasteiger partial charge on any atom is -0.319 e. The molecule has 1 aliphatic rings. The molecule has 1 atom stereocenters. The second kappa shape index (κ2) is 6.25. The second-order valence-corrected chi connectivity index (χ2v) is 6.58. The topological polar surface area (TPSA) is 88.7 Å². The van der Waals surface area contributed by atoms with Gasteiger partial charge in [0.15, 0.2) is 17.3 Å². The smallest absolute Gasteiger partial charge is 0.319 e. The maximum atomic E-state index is 13.6. The number of urea groups is 1. The molecule has 4 rings (SSSR count). The Balaban J connectivity index is 1.58. The lowest BCUT2D eigenvalue weighted by molar-refractivity contribution is -0.131. The SMILES string of the molecule is CC1(c2ccc(F)c(F)c2)NC(=O)N(CCn2nc3ccccn3c2=O)C1=O. The largest absolute Gasteiger partial charge is 0.350 e. The molecule has 0 spiro atoms. The monoisotopic (exact) mass is 387 g/mol. The van der Waals surface area contributed by atoms with Crippen LogP contribution in [0.1, 0.15) is 12.5 Å². The van der Waals surface area contributed by atoms with Crippen LogP contribution in [0.25, 0.3) is 5.65 Å². The molecule has 3 amide bonds. The van der Waals surface area contributed by atoms with Gasteiger partial charge in [-0.05, 0) is 36.8 Å². The maximum Gasteiger partial charge on any atom is 0.350 e. The predicted octanol–water partition coefficient (Wildman–Crippen LogP) is 1.24. The Kier molecular flexibility index (Phi) is 3.98. The molecule has 1 aromatic carbocycles. The lowest BCUT2D eigenvalue weighted by Gasteiger charge is -2.22. The summed E-state index contributed by atoms with van der Waals surface area (Å²) in [7, 11) is 0. The number of nitrogens with zero attached hydrogens (tertiary/aromatic N) is 4. The number of imide groups is 1. The highest BCUT2D eigenvalue weighted by Gasteiger charge is 2.49. The van der Waals surface area contributed by atoms with Crippen molar-refractivity contribution in [2.24, 2.45) is 0 Å². The van der Waals surface area contributed by atoms with Crippen LogP contribution < -0.4 is 11.0 Å². The Morgan fingerprint density at radius 3 is 2.57 bits per heavy atom. The van der Waals surface area contributed by atoms with E-state index < -0.39 is 34.8 Å². The van der Waals surface area contributed by atoms with Gasteiger partial charge in [0.1, 0.15) is 5.54 Å². The van der Waals surface area contributed by atoms with Gasteiger partial charge in [0.2, 0.25) is 0 Å². The first-order chi connectivity index (χ1) is 13.3. The Bertz CT molecular complexity index is 1170. The van der Waals surface area contributed by atoms with Gasteiger partial charge in [0, 0.05) is 6.20 Å². The predicted molar refractivity (Wildman–Crippen MR) is 93.4 cm³/mol. The normalized spacial score (nSPS) is 19.5. The third-order valence-electron chi connectivity index (χ3n) is 4.80. The Morgan fingerprint density at radius 2 is 1.86 bits per heavy atom. The van der Waals surface area contributed by atoms with Gasteiger partial charge >= 0.3 is 11.7 Å². The number of hydrogen-bond acceptors (Lipinski definition) is 4. The average Bonchev–Trinajstić information content (AvgIpc) is 3.10. The van der Waals surface area contributed by atoms with Crippen LogP contribution in [0.5, 0.6) is 0 Å². The van der Waals surface area contributed by atoms with Crippen molar-refractivity contribution < 1.29 is 18.4 Å².